The van der Waals surface area contributed by atoms with Gasteiger partial charge in [0.25, 0.3) is 0 Å². The lowest BCUT2D eigenvalue weighted by Crippen LogP contribution is -2.18. The van der Waals surface area contributed by atoms with Gasteiger partial charge in [-0.15, -0.1) is 0 Å². The minimum Gasteiger partial charge on any atom is -0.464 e. The Bertz CT molecular complexity index is 675. The number of esters is 1. The fraction of sp³-hybridized carbons (Fsp3) is 0.368. The SMILES string of the molecule is CCOC(=O)C(O)c1cc(C(C)(C)C)ccc1-c1ccccn1. The Kier molecular flexibility index (Phi) is 5.16. The number of rotatable bonds is 4. The van der Waals surface area contributed by atoms with E-state index in [1.165, 1.54) is 0 Å². The number of pyridine rings is 1. The molecule has 0 aliphatic heterocycles. The van der Waals surface area contributed by atoms with Gasteiger partial charge in [-0.3, -0.25) is 4.98 Å². The Morgan fingerprint density at radius 1 is 1.26 bits per heavy atom. The molecule has 2 rings (SSSR count). The van der Waals surface area contributed by atoms with Gasteiger partial charge in [0.1, 0.15) is 0 Å². The Balaban J connectivity index is 2.56. The smallest absolute Gasteiger partial charge is 0.339 e. The summed E-state index contributed by atoms with van der Waals surface area (Å²) < 4.78 is 4.97. The Labute approximate surface area is 137 Å². The fourth-order valence-corrected chi connectivity index (χ4v) is 2.36. The van der Waals surface area contributed by atoms with Gasteiger partial charge in [0.05, 0.1) is 12.3 Å². The zero-order valence-corrected chi connectivity index (χ0v) is 14.0. The highest BCUT2D eigenvalue weighted by Crippen LogP contribution is 2.32. The first-order valence-corrected chi connectivity index (χ1v) is 7.75. The summed E-state index contributed by atoms with van der Waals surface area (Å²) in [6.07, 6.45) is 0.363. The van der Waals surface area contributed by atoms with Crippen molar-refractivity contribution in [1.82, 2.24) is 4.98 Å². The molecule has 0 spiro atoms. The number of carbonyl (C=O) groups excluding carboxylic acids is 1. The van der Waals surface area contributed by atoms with Crippen LogP contribution in [0.25, 0.3) is 11.3 Å². The number of hydrogen-bond donors (Lipinski definition) is 1. The van der Waals surface area contributed by atoms with E-state index in [4.69, 9.17) is 4.74 Å². The van der Waals surface area contributed by atoms with Crippen molar-refractivity contribution in [2.45, 2.75) is 39.2 Å². The molecule has 1 atom stereocenters. The highest BCUT2D eigenvalue weighted by Gasteiger charge is 2.25. The highest BCUT2D eigenvalue weighted by atomic mass is 16.5. The van der Waals surface area contributed by atoms with Crippen LogP contribution in [-0.2, 0) is 14.9 Å². The third-order valence-corrected chi connectivity index (χ3v) is 3.66. The molecule has 1 unspecified atom stereocenters. The molecule has 0 aliphatic rings. The molecule has 0 saturated heterocycles. The summed E-state index contributed by atoms with van der Waals surface area (Å²) >= 11 is 0. The summed E-state index contributed by atoms with van der Waals surface area (Å²) in [5, 5.41) is 10.5. The van der Waals surface area contributed by atoms with Gasteiger partial charge in [-0.2, -0.15) is 0 Å². The second kappa shape index (κ2) is 6.92. The lowest BCUT2D eigenvalue weighted by atomic mass is 9.84. The van der Waals surface area contributed by atoms with Gasteiger partial charge < -0.3 is 9.84 Å². The number of aromatic nitrogens is 1. The molecule has 0 aliphatic carbocycles. The first-order chi connectivity index (χ1) is 10.8. The van der Waals surface area contributed by atoms with Crippen LogP contribution in [0.3, 0.4) is 0 Å². The number of aliphatic hydroxyl groups excluding tert-OH is 1. The minimum atomic E-state index is -1.32. The number of carbonyl (C=O) groups is 1. The molecule has 0 radical (unpaired) electrons. The quantitative estimate of drug-likeness (QED) is 0.875. The van der Waals surface area contributed by atoms with Crippen LogP contribution in [0.15, 0.2) is 42.6 Å². The molecule has 1 heterocycles. The average molecular weight is 313 g/mol. The van der Waals surface area contributed by atoms with Gasteiger partial charge in [0, 0.05) is 17.3 Å². The first kappa shape index (κ1) is 17.2. The summed E-state index contributed by atoms with van der Waals surface area (Å²) in [4.78, 5) is 16.3. The van der Waals surface area contributed by atoms with Gasteiger partial charge >= 0.3 is 5.97 Å². The average Bonchev–Trinajstić information content (AvgIpc) is 2.54. The van der Waals surface area contributed by atoms with Crippen LogP contribution in [0.4, 0.5) is 0 Å². The molecular formula is C19H23NO3. The lowest BCUT2D eigenvalue weighted by molar-refractivity contribution is -0.153. The molecular weight excluding hydrogens is 290 g/mol. The minimum absolute atomic E-state index is 0.0915. The summed E-state index contributed by atoms with van der Waals surface area (Å²) in [6, 6.07) is 11.3. The van der Waals surface area contributed by atoms with Crippen LogP contribution >= 0.6 is 0 Å². The Morgan fingerprint density at radius 3 is 2.57 bits per heavy atom. The van der Waals surface area contributed by atoms with Crippen molar-refractivity contribution in [1.29, 1.82) is 0 Å². The fourth-order valence-electron chi connectivity index (χ4n) is 2.36. The lowest BCUT2D eigenvalue weighted by Gasteiger charge is -2.22. The molecule has 0 bridgehead atoms. The number of nitrogens with zero attached hydrogens (tertiary/aromatic N) is 1. The number of hydrogen-bond acceptors (Lipinski definition) is 4. The van der Waals surface area contributed by atoms with Gasteiger partial charge in [0.15, 0.2) is 6.10 Å². The van der Waals surface area contributed by atoms with E-state index in [-0.39, 0.29) is 12.0 Å². The van der Waals surface area contributed by atoms with E-state index in [9.17, 15) is 9.90 Å². The molecule has 4 nitrogen and oxygen atoms in total. The van der Waals surface area contributed by atoms with Crippen LogP contribution in [0.1, 0.15) is 44.9 Å². The van der Waals surface area contributed by atoms with Crippen LogP contribution in [0.2, 0.25) is 0 Å². The molecule has 2 aromatic rings. The Morgan fingerprint density at radius 2 is 2.00 bits per heavy atom. The molecule has 1 aromatic carbocycles. The highest BCUT2D eigenvalue weighted by molar-refractivity contribution is 5.80. The first-order valence-electron chi connectivity index (χ1n) is 7.75. The van der Waals surface area contributed by atoms with E-state index < -0.39 is 12.1 Å². The second-order valence-electron chi connectivity index (χ2n) is 6.42. The van der Waals surface area contributed by atoms with Crippen molar-refractivity contribution in [3.05, 3.63) is 53.7 Å². The maximum absolute atomic E-state index is 12.0. The monoisotopic (exact) mass is 313 g/mol. The van der Waals surface area contributed by atoms with Crippen LogP contribution in [0, 0.1) is 0 Å². The summed E-state index contributed by atoms with van der Waals surface area (Å²) in [7, 11) is 0. The van der Waals surface area contributed by atoms with Crippen molar-refractivity contribution in [3.63, 3.8) is 0 Å². The normalized spacial score (nSPS) is 12.7. The van der Waals surface area contributed by atoms with Crippen molar-refractivity contribution in [2.75, 3.05) is 6.61 Å². The van der Waals surface area contributed by atoms with E-state index in [2.05, 4.69) is 25.8 Å². The molecule has 0 fully saturated rings. The summed E-state index contributed by atoms with van der Waals surface area (Å²) in [6.45, 7) is 8.21. The number of aliphatic hydroxyl groups is 1. The largest absolute Gasteiger partial charge is 0.464 e. The van der Waals surface area contributed by atoms with E-state index in [1.54, 1.807) is 13.1 Å². The standard InChI is InChI=1S/C19H23NO3/c1-5-23-18(22)17(21)15-12-13(19(2,3)4)9-10-14(15)16-8-6-7-11-20-16/h6-12,17,21H,5H2,1-4H3. The van der Waals surface area contributed by atoms with E-state index >= 15 is 0 Å². The van der Waals surface area contributed by atoms with Gasteiger partial charge in [0.2, 0.25) is 0 Å². The number of benzene rings is 1. The third-order valence-electron chi connectivity index (χ3n) is 3.66. The molecule has 23 heavy (non-hydrogen) atoms. The molecule has 1 N–H and O–H groups in total. The second-order valence-corrected chi connectivity index (χ2v) is 6.42. The predicted octanol–water partition coefficient (Wildman–Crippen LogP) is 3.64. The Hall–Kier alpha value is -2.20. The maximum Gasteiger partial charge on any atom is 0.339 e. The zero-order chi connectivity index (χ0) is 17.0. The van der Waals surface area contributed by atoms with Crippen molar-refractivity contribution in [3.8, 4) is 11.3 Å². The molecule has 0 amide bonds. The van der Waals surface area contributed by atoms with Gasteiger partial charge in [-0.1, -0.05) is 45.0 Å². The van der Waals surface area contributed by atoms with Crippen molar-refractivity contribution < 1.29 is 14.6 Å². The van der Waals surface area contributed by atoms with E-state index in [0.717, 1.165) is 11.1 Å². The summed E-state index contributed by atoms with van der Waals surface area (Å²) in [5.74, 6) is -0.643. The van der Waals surface area contributed by atoms with Gasteiger partial charge in [-0.05, 0) is 30.0 Å². The topological polar surface area (TPSA) is 59.4 Å². The van der Waals surface area contributed by atoms with E-state index in [1.807, 2.05) is 36.4 Å². The molecule has 0 saturated carbocycles. The van der Waals surface area contributed by atoms with Crippen molar-refractivity contribution >= 4 is 5.97 Å². The van der Waals surface area contributed by atoms with Crippen LogP contribution in [-0.4, -0.2) is 22.7 Å². The van der Waals surface area contributed by atoms with Crippen molar-refractivity contribution in [2.24, 2.45) is 0 Å². The maximum atomic E-state index is 12.0. The predicted molar refractivity (Wildman–Crippen MR) is 90.0 cm³/mol. The van der Waals surface area contributed by atoms with Crippen LogP contribution in [0.5, 0.6) is 0 Å². The summed E-state index contributed by atoms with van der Waals surface area (Å²) in [5.41, 5.74) is 2.92. The number of ether oxygens (including phenoxy) is 1. The third kappa shape index (κ3) is 3.96. The molecule has 1 aromatic heterocycles. The molecule has 4 heteroatoms. The van der Waals surface area contributed by atoms with Crippen LogP contribution < -0.4 is 0 Å². The zero-order valence-electron chi connectivity index (χ0n) is 14.0. The van der Waals surface area contributed by atoms with Gasteiger partial charge in [-0.25, -0.2) is 4.79 Å². The molecule has 122 valence electrons. The van der Waals surface area contributed by atoms with E-state index in [0.29, 0.717) is 11.3 Å².